The Labute approximate surface area is 115 Å². The molecule has 0 saturated heterocycles. The number of hydrogen-bond donors (Lipinski definition) is 1. The van der Waals surface area contributed by atoms with Crippen molar-refractivity contribution in [2.75, 3.05) is 5.32 Å². The molecule has 0 aliphatic carbocycles. The van der Waals surface area contributed by atoms with E-state index in [1.807, 2.05) is 24.3 Å². The lowest BCUT2D eigenvalue weighted by molar-refractivity contribution is 1.12. The number of hydrogen-bond acceptors (Lipinski definition) is 1. The molecule has 0 atom stereocenters. The molecule has 0 unspecified atom stereocenters. The van der Waals surface area contributed by atoms with Crippen LogP contribution in [0.3, 0.4) is 0 Å². The second-order valence-corrected chi connectivity index (χ2v) is 5.08. The van der Waals surface area contributed by atoms with E-state index in [1.54, 1.807) is 0 Å². The van der Waals surface area contributed by atoms with Crippen LogP contribution in [0.5, 0.6) is 0 Å². The average molecular weight is 311 g/mol. The number of benzene rings is 2. The Morgan fingerprint density at radius 1 is 1.12 bits per heavy atom. The van der Waals surface area contributed by atoms with E-state index >= 15 is 0 Å². The fourth-order valence-electron chi connectivity index (χ4n) is 1.64. The Balaban J connectivity index is 2.13. The third-order valence-electron chi connectivity index (χ3n) is 2.68. The average Bonchev–Trinajstić information content (AvgIpc) is 2.33. The minimum Gasteiger partial charge on any atom is -0.380 e. The van der Waals surface area contributed by atoms with Crippen molar-refractivity contribution in [1.29, 1.82) is 0 Å². The van der Waals surface area contributed by atoms with Gasteiger partial charge in [0.15, 0.2) is 0 Å². The summed E-state index contributed by atoms with van der Waals surface area (Å²) >= 11 is 9.52. The zero-order valence-corrected chi connectivity index (χ0v) is 11.8. The highest BCUT2D eigenvalue weighted by molar-refractivity contribution is 9.10. The fraction of sp³-hybridized carbons (Fsp3) is 0.143. The monoisotopic (exact) mass is 309 g/mol. The van der Waals surface area contributed by atoms with Crippen LogP contribution in [0.15, 0.2) is 46.9 Å². The Morgan fingerprint density at radius 3 is 2.65 bits per heavy atom. The summed E-state index contributed by atoms with van der Waals surface area (Å²) in [6.45, 7) is 2.91. The highest BCUT2D eigenvalue weighted by Crippen LogP contribution is 2.30. The van der Waals surface area contributed by atoms with Gasteiger partial charge in [0.2, 0.25) is 0 Å². The van der Waals surface area contributed by atoms with Crippen LogP contribution in [0.2, 0.25) is 5.02 Å². The van der Waals surface area contributed by atoms with Crippen molar-refractivity contribution in [3.63, 3.8) is 0 Å². The zero-order chi connectivity index (χ0) is 12.3. The van der Waals surface area contributed by atoms with Gasteiger partial charge in [-0.25, -0.2) is 0 Å². The van der Waals surface area contributed by atoms with Crippen molar-refractivity contribution in [3.8, 4) is 0 Å². The van der Waals surface area contributed by atoms with Crippen LogP contribution in [0.1, 0.15) is 11.1 Å². The predicted molar refractivity (Wildman–Crippen MR) is 77.7 cm³/mol. The predicted octanol–water partition coefficient (Wildman–Crippen LogP) is 5.02. The standard InChI is InChI=1S/C14H13BrClN/c1-10-5-2-3-6-11(10)9-17-13-8-4-7-12(16)14(13)15/h2-8,17H,9H2,1H3. The van der Waals surface area contributed by atoms with E-state index in [-0.39, 0.29) is 0 Å². The Kier molecular flexibility index (Phi) is 4.08. The molecule has 2 aromatic rings. The lowest BCUT2D eigenvalue weighted by Gasteiger charge is -2.11. The second-order valence-electron chi connectivity index (χ2n) is 3.88. The first-order valence-electron chi connectivity index (χ1n) is 5.41. The molecule has 0 saturated carbocycles. The van der Waals surface area contributed by atoms with Gasteiger partial charge in [-0.05, 0) is 46.1 Å². The normalized spacial score (nSPS) is 10.3. The summed E-state index contributed by atoms with van der Waals surface area (Å²) in [6.07, 6.45) is 0. The molecule has 0 fully saturated rings. The SMILES string of the molecule is Cc1ccccc1CNc1cccc(Cl)c1Br. The third-order valence-corrected chi connectivity index (χ3v) is 4.08. The van der Waals surface area contributed by atoms with Gasteiger partial charge in [0.05, 0.1) is 15.2 Å². The molecule has 0 amide bonds. The van der Waals surface area contributed by atoms with Gasteiger partial charge in [0.25, 0.3) is 0 Å². The molecule has 2 rings (SSSR count). The van der Waals surface area contributed by atoms with Crippen LogP contribution in [0.4, 0.5) is 5.69 Å². The number of nitrogens with one attached hydrogen (secondary N) is 1. The van der Waals surface area contributed by atoms with E-state index in [9.17, 15) is 0 Å². The van der Waals surface area contributed by atoms with Gasteiger partial charge in [-0.1, -0.05) is 41.9 Å². The maximum Gasteiger partial charge on any atom is 0.0593 e. The molecule has 17 heavy (non-hydrogen) atoms. The molecule has 0 aliphatic rings. The van der Waals surface area contributed by atoms with Crippen LogP contribution in [0, 0.1) is 6.92 Å². The number of anilines is 1. The summed E-state index contributed by atoms with van der Waals surface area (Å²) in [5.74, 6) is 0. The first-order chi connectivity index (χ1) is 8.18. The van der Waals surface area contributed by atoms with Gasteiger partial charge in [-0.2, -0.15) is 0 Å². The summed E-state index contributed by atoms with van der Waals surface area (Å²) < 4.78 is 0.912. The summed E-state index contributed by atoms with van der Waals surface area (Å²) in [4.78, 5) is 0. The van der Waals surface area contributed by atoms with Crippen molar-refractivity contribution < 1.29 is 0 Å². The quantitative estimate of drug-likeness (QED) is 0.839. The van der Waals surface area contributed by atoms with E-state index in [0.717, 1.165) is 21.7 Å². The molecule has 3 heteroatoms. The molecular formula is C14H13BrClN. The molecule has 1 N–H and O–H groups in total. The minimum atomic E-state index is 0.722. The molecule has 0 aromatic heterocycles. The van der Waals surface area contributed by atoms with Crippen LogP contribution in [0.25, 0.3) is 0 Å². The Morgan fingerprint density at radius 2 is 1.88 bits per heavy atom. The van der Waals surface area contributed by atoms with E-state index in [0.29, 0.717) is 0 Å². The van der Waals surface area contributed by atoms with E-state index in [2.05, 4.69) is 46.4 Å². The highest BCUT2D eigenvalue weighted by Gasteiger charge is 2.03. The molecule has 88 valence electrons. The van der Waals surface area contributed by atoms with Crippen LogP contribution in [-0.2, 0) is 6.54 Å². The Hall–Kier alpha value is -0.990. The van der Waals surface area contributed by atoms with Crippen molar-refractivity contribution in [2.24, 2.45) is 0 Å². The molecular weight excluding hydrogens is 298 g/mol. The van der Waals surface area contributed by atoms with Crippen molar-refractivity contribution >= 4 is 33.2 Å². The third kappa shape index (κ3) is 3.02. The van der Waals surface area contributed by atoms with Gasteiger partial charge in [0.1, 0.15) is 0 Å². The molecule has 2 aromatic carbocycles. The highest BCUT2D eigenvalue weighted by atomic mass is 79.9. The lowest BCUT2D eigenvalue weighted by atomic mass is 10.1. The van der Waals surface area contributed by atoms with E-state index in [4.69, 9.17) is 11.6 Å². The maximum atomic E-state index is 6.04. The molecule has 0 aliphatic heterocycles. The summed E-state index contributed by atoms with van der Waals surface area (Å²) in [7, 11) is 0. The molecule has 0 radical (unpaired) electrons. The number of aryl methyl sites for hydroxylation is 1. The van der Waals surface area contributed by atoms with Gasteiger partial charge >= 0.3 is 0 Å². The maximum absolute atomic E-state index is 6.04. The van der Waals surface area contributed by atoms with Gasteiger partial charge in [-0.3, -0.25) is 0 Å². The van der Waals surface area contributed by atoms with Crippen molar-refractivity contribution in [3.05, 3.63) is 63.1 Å². The van der Waals surface area contributed by atoms with E-state index < -0.39 is 0 Å². The molecule has 0 heterocycles. The number of rotatable bonds is 3. The molecule has 0 spiro atoms. The summed E-state index contributed by atoms with van der Waals surface area (Å²) in [5.41, 5.74) is 3.60. The van der Waals surface area contributed by atoms with Crippen LogP contribution >= 0.6 is 27.5 Å². The molecule has 0 bridgehead atoms. The van der Waals surface area contributed by atoms with E-state index in [1.165, 1.54) is 11.1 Å². The van der Waals surface area contributed by atoms with Crippen molar-refractivity contribution in [1.82, 2.24) is 0 Å². The lowest BCUT2D eigenvalue weighted by Crippen LogP contribution is -2.01. The van der Waals surface area contributed by atoms with Gasteiger partial charge < -0.3 is 5.32 Å². The minimum absolute atomic E-state index is 0.722. The summed E-state index contributed by atoms with van der Waals surface area (Å²) in [6, 6.07) is 14.2. The summed E-state index contributed by atoms with van der Waals surface area (Å²) in [5, 5.41) is 4.10. The topological polar surface area (TPSA) is 12.0 Å². The van der Waals surface area contributed by atoms with Crippen LogP contribution in [-0.4, -0.2) is 0 Å². The smallest absolute Gasteiger partial charge is 0.0593 e. The van der Waals surface area contributed by atoms with Gasteiger partial charge in [0, 0.05) is 6.54 Å². The first kappa shape index (κ1) is 12.5. The first-order valence-corrected chi connectivity index (χ1v) is 6.58. The van der Waals surface area contributed by atoms with Gasteiger partial charge in [-0.15, -0.1) is 0 Å². The fourth-order valence-corrected chi connectivity index (χ4v) is 2.22. The zero-order valence-electron chi connectivity index (χ0n) is 9.50. The second kappa shape index (κ2) is 5.56. The number of halogens is 2. The van der Waals surface area contributed by atoms with Crippen molar-refractivity contribution in [2.45, 2.75) is 13.5 Å². The Bertz CT molecular complexity index is 525. The largest absolute Gasteiger partial charge is 0.380 e. The van der Waals surface area contributed by atoms with Crippen LogP contribution < -0.4 is 5.32 Å². The molecule has 1 nitrogen and oxygen atoms in total.